The lowest BCUT2D eigenvalue weighted by atomic mass is 10.2. The molecular weight excluding hydrogens is 266 g/mol. The van der Waals surface area contributed by atoms with Crippen LogP contribution in [0.25, 0.3) is 10.1 Å². The van der Waals surface area contributed by atoms with Crippen molar-refractivity contribution in [2.45, 2.75) is 0 Å². The highest BCUT2D eigenvalue weighted by Gasteiger charge is 2.18. The van der Waals surface area contributed by atoms with E-state index in [4.69, 9.17) is 17.4 Å². The number of amides is 1. The number of carbonyl (C=O) groups is 1. The molecule has 0 aliphatic heterocycles. The molecule has 0 aliphatic carbocycles. The molecule has 2 rings (SSSR count). The third-order valence-electron chi connectivity index (χ3n) is 2.16. The molecule has 1 aromatic heterocycles. The highest BCUT2D eigenvalue weighted by Crippen LogP contribution is 2.36. The van der Waals surface area contributed by atoms with Crippen molar-refractivity contribution in [3.8, 4) is 0 Å². The van der Waals surface area contributed by atoms with Gasteiger partial charge in [0.25, 0.3) is 11.6 Å². The topological polar surface area (TPSA) is 98.3 Å². The van der Waals surface area contributed by atoms with Crippen LogP contribution in [0, 0.1) is 10.1 Å². The first-order valence-corrected chi connectivity index (χ1v) is 5.61. The average Bonchev–Trinajstić information content (AvgIpc) is 2.65. The van der Waals surface area contributed by atoms with E-state index in [-0.39, 0.29) is 15.6 Å². The van der Waals surface area contributed by atoms with Crippen LogP contribution in [0.2, 0.25) is 5.02 Å². The molecule has 2 aromatic rings. The largest absolute Gasteiger partial charge is 0.289 e. The van der Waals surface area contributed by atoms with Gasteiger partial charge in [-0.2, -0.15) is 0 Å². The summed E-state index contributed by atoms with van der Waals surface area (Å²) in [6.45, 7) is 0. The zero-order valence-corrected chi connectivity index (χ0v) is 9.84. The summed E-state index contributed by atoms with van der Waals surface area (Å²) in [7, 11) is 0. The van der Waals surface area contributed by atoms with Crippen molar-refractivity contribution in [3.05, 3.63) is 38.2 Å². The number of thiophene rings is 1. The summed E-state index contributed by atoms with van der Waals surface area (Å²) in [6.07, 6.45) is 0. The minimum Gasteiger partial charge on any atom is -0.289 e. The van der Waals surface area contributed by atoms with Crippen LogP contribution in [0.4, 0.5) is 5.69 Å². The number of halogens is 1. The lowest BCUT2D eigenvalue weighted by Gasteiger charge is -1.94. The number of nitrogens with one attached hydrogen (secondary N) is 1. The van der Waals surface area contributed by atoms with Gasteiger partial charge in [0.05, 0.1) is 9.95 Å². The van der Waals surface area contributed by atoms with Crippen LogP contribution in [0.5, 0.6) is 0 Å². The average molecular weight is 272 g/mol. The number of carbonyl (C=O) groups excluding carboxylic acids is 1. The summed E-state index contributed by atoms with van der Waals surface area (Å²) >= 11 is 7.05. The maximum atomic E-state index is 11.4. The smallest absolute Gasteiger partial charge is 0.276 e. The Morgan fingerprint density at radius 1 is 1.53 bits per heavy atom. The van der Waals surface area contributed by atoms with Crippen LogP contribution in [0.1, 0.15) is 9.67 Å². The Hall–Kier alpha value is -1.70. The number of nitro groups is 1. The maximum absolute atomic E-state index is 11.4. The van der Waals surface area contributed by atoms with Crippen molar-refractivity contribution in [3.63, 3.8) is 0 Å². The second-order valence-corrected chi connectivity index (χ2v) is 4.59. The van der Waals surface area contributed by atoms with Crippen molar-refractivity contribution in [1.29, 1.82) is 0 Å². The number of non-ortho nitro benzene ring substituents is 1. The monoisotopic (exact) mass is 271 g/mol. The van der Waals surface area contributed by atoms with Crippen molar-refractivity contribution < 1.29 is 9.72 Å². The molecule has 0 radical (unpaired) electrons. The summed E-state index contributed by atoms with van der Waals surface area (Å²) in [5.41, 5.74) is 1.93. The fourth-order valence-electron chi connectivity index (χ4n) is 1.38. The number of hydrogen-bond donors (Lipinski definition) is 2. The first-order valence-electron chi connectivity index (χ1n) is 4.42. The molecule has 0 aliphatic rings. The molecule has 0 saturated carbocycles. The fraction of sp³-hybridized carbons (Fsp3) is 0. The molecule has 1 heterocycles. The van der Waals surface area contributed by atoms with Gasteiger partial charge in [0.1, 0.15) is 4.88 Å². The van der Waals surface area contributed by atoms with E-state index in [1.165, 1.54) is 18.2 Å². The Labute approximate surface area is 104 Å². The number of rotatable bonds is 2. The predicted molar refractivity (Wildman–Crippen MR) is 65.1 cm³/mol. The van der Waals surface area contributed by atoms with Gasteiger partial charge in [-0.3, -0.25) is 20.3 Å². The Balaban J connectivity index is 2.65. The van der Waals surface area contributed by atoms with Crippen LogP contribution in [-0.2, 0) is 0 Å². The molecule has 0 fully saturated rings. The molecular formula is C9H6ClN3O3S. The Kier molecular flexibility index (Phi) is 2.97. The number of nitrogen functional groups attached to an aromatic ring is 1. The summed E-state index contributed by atoms with van der Waals surface area (Å²) in [6, 6.07) is 4.23. The van der Waals surface area contributed by atoms with Crippen LogP contribution in [0.15, 0.2) is 18.2 Å². The normalized spacial score (nSPS) is 10.5. The van der Waals surface area contributed by atoms with Crippen LogP contribution in [0.3, 0.4) is 0 Å². The fourth-order valence-corrected chi connectivity index (χ4v) is 2.83. The first-order chi connectivity index (χ1) is 8.04. The van der Waals surface area contributed by atoms with Gasteiger partial charge in [-0.15, -0.1) is 11.3 Å². The highest BCUT2D eigenvalue weighted by molar-refractivity contribution is 7.21. The number of fused-ring (bicyclic) bond motifs is 1. The Morgan fingerprint density at radius 3 is 2.82 bits per heavy atom. The molecule has 0 unspecified atom stereocenters. The van der Waals surface area contributed by atoms with E-state index in [2.05, 4.69) is 0 Å². The second-order valence-electron chi connectivity index (χ2n) is 3.16. The Bertz CT molecular complexity index is 625. The van der Waals surface area contributed by atoms with Gasteiger partial charge in [-0.25, -0.2) is 5.84 Å². The zero-order chi connectivity index (χ0) is 12.6. The van der Waals surface area contributed by atoms with Gasteiger partial charge in [0.15, 0.2) is 0 Å². The number of hydrogen-bond acceptors (Lipinski definition) is 5. The van der Waals surface area contributed by atoms with E-state index >= 15 is 0 Å². The number of nitrogens with zero attached hydrogens (tertiary/aromatic N) is 1. The van der Waals surface area contributed by atoms with E-state index in [0.29, 0.717) is 10.1 Å². The van der Waals surface area contributed by atoms with E-state index in [1.807, 2.05) is 5.43 Å². The second kappa shape index (κ2) is 4.28. The molecule has 1 aromatic carbocycles. The highest BCUT2D eigenvalue weighted by atomic mass is 35.5. The molecule has 88 valence electrons. The Morgan fingerprint density at radius 2 is 2.24 bits per heavy atom. The number of nitro benzene ring substituents is 1. The van der Waals surface area contributed by atoms with Crippen molar-refractivity contribution in [2.24, 2.45) is 5.84 Å². The summed E-state index contributed by atoms with van der Waals surface area (Å²) in [5, 5.41) is 11.5. The third-order valence-corrected chi connectivity index (χ3v) is 3.82. The van der Waals surface area contributed by atoms with Gasteiger partial charge in [0.2, 0.25) is 0 Å². The van der Waals surface area contributed by atoms with Gasteiger partial charge < -0.3 is 0 Å². The van der Waals surface area contributed by atoms with E-state index in [0.717, 1.165) is 11.3 Å². The standard InChI is InChI=1S/C9H6ClN3O3S/c10-7-5-2-1-4(13(15)16)3-6(5)17-8(7)9(14)12-11/h1-3H,11H2,(H,12,14). The number of nitrogens with two attached hydrogens (primary N) is 1. The molecule has 0 spiro atoms. The van der Waals surface area contributed by atoms with E-state index in [1.54, 1.807) is 0 Å². The van der Waals surface area contributed by atoms with Crippen LogP contribution >= 0.6 is 22.9 Å². The molecule has 0 saturated heterocycles. The van der Waals surface area contributed by atoms with Gasteiger partial charge >= 0.3 is 0 Å². The molecule has 0 atom stereocenters. The van der Waals surface area contributed by atoms with Crippen molar-refractivity contribution in [2.75, 3.05) is 0 Å². The van der Waals surface area contributed by atoms with Gasteiger partial charge in [-0.05, 0) is 6.07 Å². The summed E-state index contributed by atoms with van der Waals surface area (Å²) in [4.78, 5) is 21.7. The maximum Gasteiger partial charge on any atom is 0.276 e. The van der Waals surface area contributed by atoms with E-state index < -0.39 is 10.8 Å². The lowest BCUT2D eigenvalue weighted by molar-refractivity contribution is -0.384. The minimum atomic E-state index is -0.515. The van der Waals surface area contributed by atoms with Gasteiger partial charge in [0, 0.05) is 22.2 Å². The van der Waals surface area contributed by atoms with Crippen molar-refractivity contribution in [1.82, 2.24) is 5.43 Å². The first kappa shape index (κ1) is 11.8. The van der Waals surface area contributed by atoms with Crippen LogP contribution < -0.4 is 11.3 Å². The zero-order valence-electron chi connectivity index (χ0n) is 8.27. The molecule has 1 amide bonds. The van der Waals surface area contributed by atoms with Gasteiger partial charge in [-0.1, -0.05) is 11.6 Å². The molecule has 6 nitrogen and oxygen atoms in total. The molecule has 17 heavy (non-hydrogen) atoms. The number of benzene rings is 1. The predicted octanol–water partition coefficient (Wildman–Crippen LogP) is 2.07. The summed E-state index contributed by atoms with van der Waals surface area (Å²) < 4.78 is 0.572. The van der Waals surface area contributed by atoms with E-state index in [9.17, 15) is 14.9 Å². The summed E-state index contributed by atoms with van der Waals surface area (Å²) in [5.74, 6) is 4.50. The number of hydrazine groups is 1. The lowest BCUT2D eigenvalue weighted by Crippen LogP contribution is -2.29. The van der Waals surface area contributed by atoms with Crippen molar-refractivity contribution >= 4 is 44.6 Å². The third kappa shape index (κ3) is 1.95. The molecule has 0 bridgehead atoms. The minimum absolute atomic E-state index is 0.0462. The molecule has 8 heteroatoms. The molecule has 3 N–H and O–H groups in total. The van der Waals surface area contributed by atoms with Crippen LogP contribution in [-0.4, -0.2) is 10.8 Å². The SMILES string of the molecule is NNC(=O)c1sc2cc([N+](=O)[O-])ccc2c1Cl. The quantitative estimate of drug-likeness (QED) is 0.378.